The van der Waals surface area contributed by atoms with Gasteiger partial charge < -0.3 is 4.90 Å². The predicted octanol–water partition coefficient (Wildman–Crippen LogP) is 2.72. The summed E-state index contributed by atoms with van der Waals surface area (Å²) in [4.78, 5) is 24.1. The van der Waals surface area contributed by atoms with Crippen LogP contribution in [-0.2, 0) is 14.8 Å². The summed E-state index contributed by atoms with van der Waals surface area (Å²) in [7, 11) is -3.75. The average Bonchev–Trinajstić information content (AvgIpc) is 2.73. The monoisotopic (exact) mass is 433 g/mol. The van der Waals surface area contributed by atoms with Gasteiger partial charge in [-0.1, -0.05) is 0 Å². The summed E-state index contributed by atoms with van der Waals surface area (Å²) in [5.41, 5.74) is 0.638. The van der Waals surface area contributed by atoms with Crippen LogP contribution in [0.5, 0.6) is 0 Å². The molecule has 1 aliphatic rings. The third-order valence-electron chi connectivity index (χ3n) is 4.77. The SMILES string of the molecule is O=C(/C=C/c1ccc([N+](=O)[O-])cc1)N1CCC(NS(=O)(=O)c2ccc(F)cc2)CC1. The first kappa shape index (κ1) is 21.6. The van der Waals surface area contributed by atoms with Gasteiger partial charge in [-0.25, -0.2) is 17.5 Å². The maximum Gasteiger partial charge on any atom is 0.269 e. The van der Waals surface area contributed by atoms with Crippen LogP contribution in [-0.4, -0.2) is 43.3 Å². The Hall–Kier alpha value is -3.11. The topological polar surface area (TPSA) is 110 Å². The third-order valence-corrected chi connectivity index (χ3v) is 6.31. The van der Waals surface area contributed by atoms with Crippen LogP contribution in [0.3, 0.4) is 0 Å². The third kappa shape index (κ3) is 5.49. The van der Waals surface area contributed by atoms with Crippen LogP contribution in [0.4, 0.5) is 10.1 Å². The molecule has 1 aliphatic heterocycles. The van der Waals surface area contributed by atoms with Crippen LogP contribution in [0.25, 0.3) is 6.08 Å². The first-order chi connectivity index (χ1) is 14.2. The Morgan fingerprint density at radius 1 is 1.10 bits per heavy atom. The lowest BCUT2D eigenvalue weighted by molar-refractivity contribution is -0.384. The van der Waals surface area contributed by atoms with E-state index in [0.29, 0.717) is 31.5 Å². The number of nitro groups is 1. The van der Waals surface area contributed by atoms with E-state index in [-0.39, 0.29) is 22.5 Å². The molecule has 10 heteroatoms. The van der Waals surface area contributed by atoms with Gasteiger partial charge in [0.25, 0.3) is 5.69 Å². The van der Waals surface area contributed by atoms with Gasteiger partial charge >= 0.3 is 0 Å². The largest absolute Gasteiger partial charge is 0.339 e. The maximum atomic E-state index is 13.0. The van der Waals surface area contributed by atoms with Gasteiger partial charge in [0.05, 0.1) is 9.82 Å². The smallest absolute Gasteiger partial charge is 0.269 e. The van der Waals surface area contributed by atoms with Crippen molar-refractivity contribution in [3.05, 3.63) is 76.1 Å². The quantitative estimate of drug-likeness (QED) is 0.428. The molecule has 3 rings (SSSR count). The Morgan fingerprint density at radius 2 is 1.70 bits per heavy atom. The summed E-state index contributed by atoms with van der Waals surface area (Å²) in [6, 6.07) is 10.1. The Morgan fingerprint density at radius 3 is 2.27 bits per heavy atom. The Labute approximate surface area is 173 Å². The van der Waals surface area contributed by atoms with E-state index in [1.807, 2.05) is 0 Å². The molecule has 0 aromatic heterocycles. The average molecular weight is 433 g/mol. The fourth-order valence-corrected chi connectivity index (χ4v) is 4.40. The Kier molecular flexibility index (Phi) is 6.58. The number of nitro benzene ring substituents is 1. The number of nitrogens with zero attached hydrogens (tertiary/aromatic N) is 2. The highest BCUT2D eigenvalue weighted by molar-refractivity contribution is 7.89. The van der Waals surface area contributed by atoms with Crippen LogP contribution < -0.4 is 4.72 Å². The van der Waals surface area contributed by atoms with Gasteiger partial charge in [0, 0.05) is 37.3 Å². The number of sulfonamides is 1. The molecule has 1 saturated heterocycles. The lowest BCUT2D eigenvalue weighted by Gasteiger charge is -2.31. The molecule has 0 saturated carbocycles. The predicted molar refractivity (Wildman–Crippen MR) is 108 cm³/mol. The lowest BCUT2D eigenvalue weighted by atomic mass is 10.1. The molecule has 2 aromatic rings. The highest BCUT2D eigenvalue weighted by Gasteiger charge is 2.26. The molecule has 0 unspecified atom stereocenters. The molecule has 8 nitrogen and oxygen atoms in total. The second-order valence-electron chi connectivity index (χ2n) is 6.86. The number of carbonyl (C=O) groups is 1. The highest BCUT2D eigenvalue weighted by atomic mass is 32.2. The van der Waals surface area contributed by atoms with Gasteiger partial charge in [-0.3, -0.25) is 14.9 Å². The van der Waals surface area contributed by atoms with Crippen molar-refractivity contribution in [2.75, 3.05) is 13.1 Å². The molecule has 1 amide bonds. The molecular formula is C20H20FN3O5S. The zero-order chi connectivity index (χ0) is 21.7. The van der Waals surface area contributed by atoms with Gasteiger partial charge in [-0.05, 0) is 60.9 Å². The molecule has 1 N–H and O–H groups in total. The van der Waals surface area contributed by atoms with Crippen molar-refractivity contribution in [3.63, 3.8) is 0 Å². The number of likely N-dealkylation sites (tertiary alicyclic amines) is 1. The Balaban J connectivity index is 1.52. The van der Waals surface area contributed by atoms with Crippen molar-refractivity contribution < 1.29 is 22.5 Å². The fraction of sp³-hybridized carbons (Fsp3) is 0.250. The van der Waals surface area contributed by atoms with Crippen molar-refractivity contribution in [2.24, 2.45) is 0 Å². The summed E-state index contributed by atoms with van der Waals surface area (Å²) in [5, 5.41) is 10.7. The molecule has 0 spiro atoms. The minimum absolute atomic E-state index is 0.00608. The molecule has 30 heavy (non-hydrogen) atoms. The summed E-state index contributed by atoms with van der Waals surface area (Å²) >= 11 is 0. The number of amides is 1. The van der Waals surface area contributed by atoms with Crippen molar-refractivity contribution in [1.82, 2.24) is 9.62 Å². The van der Waals surface area contributed by atoms with E-state index < -0.39 is 20.8 Å². The molecule has 0 atom stereocenters. The second kappa shape index (κ2) is 9.14. The summed E-state index contributed by atoms with van der Waals surface area (Å²) in [6.45, 7) is 0.778. The van der Waals surface area contributed by atoms with Gasteiger partial charge in [0.15, 0.2) is 0 Å². The summed E-state index contributed by atoms with van der Waals surface area (Å²) < 4.78 is 40.4. The van der Waals surface area contributed by atoms with Crippen LogP contribution in [0, 0.1) is 15.9 Å². The number of hydrogen-bond donors (Lipinski definition) is 1. The zero-order valence-corrected chi connectivity index (χ0v) is 16.7. The molecular weight excluding hydrogens is 413 g/mol. The summed E-state index contributed by atoms with van der Waals surface area (Å²) in [6.07, 6.45) is 3.88. The molecule has 0 aliphatic carbocycles. The van der Waals surface area contributed by atoms with Crippen LogP contribution in [0.15, 0.2) is 59.5 Å². The van der Waals surface area contributed by atoms with E-state index in [9.17, 15) is 27.7 Å². The van der Waals surface area contributed by atoms with Gasteiger partial charge in [-0.2, -0.15) is 0 Å². The number of piperidine rings is 1. The molecule has 158 valence electrons. The number of halogens is 1. The van der Waals surface area contributed by atoms with E-state index in [1.165, 1.54) is 30.3 Å². The van der Waals surface area contributed by atoms with Gasteiger partial charge in [0.1, 0.15) is 5.82 Å². The lowest BCUT2D eigenvalue weighted by Crippen LogP contribution is -2.46. The molecule has 0 radical (unpaired) electrons. The molecule has 0 bridgehead atoms. The number of non-ortho nitro benzene ring substituents is 1. The van der Waals surface area contributed by atoms with E-state index in [1.54, 1.807) is 23.1 Å². The number of rotatable bonds is 6. The van der Waals surface area contributed by atoms with E-state index in [4.69, 9.17) is 0 Å². The number of benzene rings is 2. The van der Waals surface area contributed by atoms with Gasteiger partial charge in [0.2, 0.25) is 15.9 Å². The minimum Gasteiger partial charge on any atom is -0.339 e. The van der Waals surface area contributed by atoms with Crippen LogP contribution >= 0.6 is 0 Å². The van der Waals surface area contributed by atoms with E-state index >= 15 is 0 Å². The summed E-state index contributed by atoms with van der Waals surface area (Å²) in [5.74, 6) is -0.726. The minimum atomic E-state index is -3.75. The number of nitrogens with one attached hydrogen (secondary N) is 1. The Bertz CT molecular complexity index is 1040. The van der Waals surface area contributed by atoms with E-state index in [0.717, 1.165) is 12.1 Å². The van der Waals surface area contributed by atoms with Crippen LogP contribution in [0.2, 0.25) is 0 Å². The van der Waals surface area contributed by atoms with Crippen molar-refractivity contribution in [3.8, 4) is 0 Å². The fourth-order valence-electron chi connectivity index (χ4n) is 3.10. The van der Waals surface area contributed by atoms with Crippen molar-refractivity contribution in [2.45, 2.75) is 23.8 Å². The molecule has 2 aromatic carbocycles. The first-order valence-corrected chi connectivity index (χ1v) is 10.7. The standard InChI is InChI=1S/C20H20FN3O5S/c21-16-4-8-19(9-5-16)30(28,29)22-17-11-13-23(14-12-17)20(25)10-3-15-1-6-18(7-2-15)24(26)27/h1-10,17,22H,11-14H2/b10-3+. The van der Waals surface area contributed by atoms with Crippen LogP contribution in [0.1, 0.15) is 18.4 Å². The highest BCUT2D eigenvalue weighted by Crippen LogP contribution is 2.17. The van der Waals surface area contributed by atoms with E-state index in [2.05, 4.69) is 4.72 Å². The molecule has 1 heterocycles. The first-order valence-electron chi connectivity index (χ1n) is 9.24. The number of carbonyl (C=O) groups excluding carboxylic acids is 1. The van der Waals surface area contributed by atoms with Gasteiger partial charge in [-0.15, -0.1) is 0 Å². The normalized spacial score (nSPS) is 15.4. The number of hydrogen-bond acceptors (Lipinski definition) is 5. The van der Waals surface area contributed by atoms with Crippen molar-refractivity contribution in [1.29, 1.82) is 0 Å². The zero-order valence-electron chi connectivity index (χ0n) is 15.9. The second-order valence-corrected chi connectivity index (χ2v) is 8.57. The maximum absolute atomic E-state index is 13.0. The molecule has 1 fully saturated rings. The van der Waals surface area contributed by atoms with Crippen molar-refractivity contribution >= 4 is 27.7 Å².